The van der Waals surface area contributed by atoms with Gasteiger partial charge in [0.05, 0.1) is 22.8 Å². The number of nitrogens with zero attached hydrogens (tertiary/aromatic N) is 2. The van der Waals surface area contributed by atoms with Crippen LogP contribution in [0.5, 0.6) is 0 Å². The number of allylic oxidation sites excluding steroid dienone is 4. The van der Waals surface area contributed by atoms with Gasteiger partial charge in [-0.3, -0.25) is 4.40 Å². The quantitative estimate of drug-likeness (QED) is 0.571. The van der Waals surface area contributed by atoms with Crippen molar-refractivity contribution < 1.29 is 0 Å². The van der Waals surface area contributed by atoms with Crippen LogP contribution in [0.25, 0.3) is 30.1 Å². The first kappa shape index (κ1) is 18.5. The number of aromatic nitrogens is 3. The molecule has 0 aromatic carbocycles. The van der Waals surface area contributed by atoms with Crippen LogP contribution >= 0.6 is 0 Å². The largest absolute Gasteiger partial charge is 0.323 e. The summed E-state index contributed by atoms with van der Waals surface area (Å²) >= 11 is 0. The lowest BCUT2D eigenvalue weighted by Crippen LogP contribution is -2.06. The van der Waals surface area contributed by atoms with E-state index in [0.717, 1.165) is 29.3 Å². The van der Waals surface area contributed by atoms with Gasteiger partial charge in [-0.05, 0) is 36.1 Å². The zero-order valence-electron chi connectivity index (χ0n) is 16.9. The van der Waals surface area contributed by atoms with Crippen molar-refractivity contribution in [3.05, 3.63) is 47.1 Å². The summed E-state index contributed by atoms with van der Waals surface area (Å²) in [4.78, 5) is 8.24. The van der Waals surface area contributed by atoms with Gasteiger partial charge in [-0.2, -0.15) is 0 Å². The van der Waals surface area contributed by atoms with Crippen LogP contribution in [0.2, 0.25) is 0 Å². The van der Waals surface area contributed by atoms with E-state index in [1.807, 2.05) is 0 Å². The van der Waals surface area contributed by atoms with Crippen molar-refractivity contribution in [3.63, 3.8) is 0 Å². The Morgan fingerprint density at radius 1 is 0.962 bits per heavy atom. The summed E-state index contributed by atoms with van der Waals surface area (Å²) in [5.41, 5.74) is 4.71. The van der Waals surface area contributed by atoms with Gasteiger partial charge in [0.2, 0.25) is 5.78 Å². The molecule has 0 atom stereocenters. The predicted molar refractivity (Wildman–Crippen MR) is 114 cm³/mol. The summed E-state index contributed by atoms with van der Waals surface area (Å²) in [7, 11) is 0. The summed E-state index contributed by atoms with van der Waals surface area (Å²) < 4.78 is 2.23. The minimum Gasteiger partial charge on any atom is -0.323 e. The molecule has 0 bridgehead atoms. The second kappa shape index (κ2) is 6.79. The molecule has 2 aliphatic rings. The highest BCUT2D eigenvalue weighted by atomic mass is 15.1. The molecule has 0 aliphatic heterocycles. The molecule has 0 saturated carbocycles. The first-order valence-electron chi connectivity index (χ1n) is 9.65. The molecule has 0 amide bonds. The number of hydrogen-bond acceptors (Lipinski definition) is 1. The molecular weight excluding hydrogens is 318 g/mol. The molecule has 2 heterocycles. The SMILES string of the molecule is CC1(C)C=Cc2nc3[nH]c4c(n3c2C=C1)/C=C\C(C)(C)CC=C4.CCC. The number of H-pyrrole nitrogens is 1. The van der Waals surface area contributed by atoms with Crippen molar-refractivity contribution in [2.75, 3.05) is 0 Å². The van der Waals surface area contributed by atoms with Crippen LogP contribution in [0.1, 0.15) is 77.2 Å². The predicted octanol–water partition coefficient (Wildman–Crippen LogP) is 6.60. The molecular formula is C23H31N3. The molecule has 0 fully saturated rings. The third-order valence-electron chi connectivity index (χ3n) is 4.67. The number of nitrogens with one attached hydrogen (secondary N) is 1. The molecule has 4 rings (SSSR count). The Labute approximate surface area is 157 Å². The molecule has 3 nitrogen and oxygen atoms in total. The summed E-state index contributed by atoms with van der Waals surface area (Å²) in [6.45, 7) is 13.2. The Morgan fingerprint density at radius 3 is 2.35 bits per heavy atom. The van der Waals surface area contributed by atoms with Crippen molar-refractivity contribution in [1.29, 1.82) is 0 Å². The van der Waals surface area contributed by atoms with Gasteiger partial charge in [-0.15, -0.1) is 0 Å². The van der Waals surface area contributed by atoms with Crippen LogP contribution in [0.15, 0.2) is 24.3 Å². The maximum atomic E-state index is 4.78. The van der Waals surface area contributed by atoms with Gasteiger partial charge in [0.15, 0.2) is 0 Å². The van der Waals surface area contributed by atoms with Gasteiger partial charge in [0.1, 0.15) is 0 Å². The van der Waals surface area contributed by atoms with E-state index in [0.29, 0.717) is 0 Å². The molecule has 0 spiro atoms. The Bertz CT molecular complexity index is 911. The van der Waals surface area contributed by atoms with E-state index in [2.05, 4.69) is 99.5 Å². The van der Waals surface area contributed by atoms with Gasteiger partial charge >= 0.3 is 0 Å². The molecule has 138 valence electrons. The molecule has 1 N–H and O–H groups in total. The van der Waals surface area contributed by atoms with Crippen molar-refractivity contribution >= 4 is 30.1 Å². The fourth-order valence-corrected chi connectivity index (χ4v) is 3.15. The van der Waals surface area contributed by atoms with Crippen molar-refractivity contribution in [3.8, 4) is 0 Å². The van der Waals surface area contributed by atoms with E-state index in [4.69, 9.17) is 4.98 Å². The number of aromatic amines is 1. The van der Waals surface area contributed by atoms with E-state index >= 15 is 0 Å². The number of hydrogen-bond donors (Lipinski definition) is 1. The zero-order chi connectivity index (χ0) is 18.9. The van der Waals surface area contributed by atoms with Crippen molar-refractivity contribution in [1.82, 2.24) is 14.4 Å². The van der Waals surface area contributed by atoms with E-state index in [1.165, 1.54) is 12.1 Å². The second-order valence-electron chi connectivity index (χ2n) is 8.59. The third-order valence-corrected chi connectivity index (χ3v) is 4.67. The summed E-state index contributed by atoms with van der Waals surface area (Å²) in [6.07, 6.45) is 20.0. The minimum atomic E-state index is 0.0586. The topological polar surface area (TPSA) is 33.1 Å². The van der Waals surface area contributed by atoms with Crippen LogP contribution in [0.4, 0.5) is 0 Å². The molecule has 2 aromatic rings. The van der Waals surface area contributed by atoms with Crippen molar-refractivity contribution in [2.45, 2.75) is 54.4 Å². The Morgan fingerprint density at radius 2 is 1.62 bits per heavy atom. The average molecular weight is 350 g/mol. The first-order chi connectivity index (χ1) is 12.3. The highest BCUT2D eigenvalue weighted by Crippen LogP contribution is 2.32. The zero-order valence-corrected chi connectivity index (χ0v) is 16.9. The summed E-state index contributed by atoms with van der Waals surface area (Å²) in [5.74, 6) is 0.906. The molecule has 2 aromatic heterocycles. The number of imidazole rings is 2. The van der Waals surface area contributed by atoms with E-state index < -0.39 is 0 Å². The number of rotatable bonds is 0. The van der Waals surface area contributed by atoms with Crippen LogP contribution in [0, 0.1) is 10.8 Å². The lowest BCUT2D eigenvalue weighted by Gasteiger charge is -2.19. The van der Waals surface area contributed by atoms with Crippen LogP contribution in [0.3, 0.4) is 0 Å². The maximum absolute atomic E-state index is 4.78. The van der Waals surface area contributed by atoms with E-state index in [-0.39, 0.29) is 10.8 Å². The Kier molecular flexibility index (Phi) is 4.83. The summed E-state index contributed by atoms with van der Waals surface area (Å²) in [6, 6.07) is 0. The molecule has 0 radical (unpaired) electrons. The number of fused-ring (bicyclic) bond motifs is 5. The standard InChI is InChI=1S/C20H23N3.C3H8/c1-19(2)10-5-6-14-16(8-12-19)23-17-9-13-20(3,4)11-7-15(17)22-18(23)21-14;1-3-2/h5-9,11-13H,10H2,1-4H3,(H,21,22);3H2,1-2H3/b6-5?,12-8-;. The average Bonchev–Trinajstić information content (AvgIpc) is 2.99. The lowest BCUT2D eigenvalue weighted by molar-refractivity contribution is 0.491. The van der Waals surface area contributed by atoms with E-state index in [1.54, 1.807) is 0 Å². The molecule has 26 heavy (non-hydrogen) atoms. The molecule has 0 unspecified atom stereocenters. The fraction of sp³-hybridized carbons (Fsp3) is 0.435. The molecule has 0 saturated heterocycles. The second-order valence-corrected chi connectivity index (χ2v) is 8.59. The van der Waals surface area contributed by atoms with Crippen LogP contribution < -0.4 is 0 Å². The highest BCUT2D eigenvalue weighted by Gasteiger charge is 2.21. The van der Waals surface area contributed by atoms with Gasteiger partial charge in [-0.1, -0.05) is 72.3 Å². The monoisotopic (exact) mass is 349 g/mol. The maximum Gasteiger partial charge on any atom is 0.213 e. The third kappa shape index (κ3) is 3.62. The normalized spacial score (nSPS) is 20.4. The highest BCUT2D eigenvalue weighted by molar-refractivity contribution is 5.73. The molecule has 3 heteroatoms. The van der Waals surface area contributed by atoms with Gasteiger partial charge < -0.3 is 4.98 Å². The first-order valence-corrected chi connectivity index (χ1v) is 9.65. The van der Waals surface area contributed by atoms with Crippen molar-refractivity contribution in [2.24, 2.45) is 10.8 Å². The van der Waals surface area contributed by atoms with Gasteiger partial charge in [0.25, 0.3) is 0 Å². The molecule has 2 aliphatic carbocycles. The smallest absolute Gasteiger partial charge is 0.213 e. The fourth-order valence-electron chi connectivity index (χ4n) is 3.15. The van der Waals surface area contributed by atoms with Crippen LogP contribution in [-0.4, -0.2) is 14.4 Å². The van der Waals surface area contributed by atoms with Gasteiger partial charge in [-0.25, -0.2) is 4.98 Å². The van der Waals surface area contributed by atoms with E-state index in [9.17, 15) is 0 Å². The van der Waals surface area contributed by atoms with Crippen LogP contribution in [-0.2, 0) is 0 Å². The Hall–Kier alpha value is -2.29. The Balaban J connectivity index is 0.000000613. The summed E-state index contributed by atoms with van der Waals surface area (Å²) in [5, 5.41) is 0. The minimum absolute atomic E-state index is 0.0586. The lowest BCUT2D eigenvalue weighted by atomic mass is 9.87. The van der Waals surface area contributed by atoms with Gasteiger partial charge in [0, 0.05) is 5.41 Å².